The van der Waals surface area contributed by atoms with E-state index >= 15 is 0 Å². The molecule has 0 aliphatic heterocycles. The number of hydrogen-bond acceptors (Lipinski definition) is 2. The summed E-state index contributed by atoms with van der Waals surface area (Å²) in [7, 11) is 1.99. The topological polar surface area (TPSA) is 27.1 Å². The number of hydrogen-bond donors (Lipinski definition) is 0. The highest BCUT2D eigenvalue weighted by Crippen LogP contribution is 2.22. The van der Waals surface area contributed by atoms with E-state index in [0.29, 0.717) is 6.61 Å². The summed E-state index contributed by atoms with van der Waals surface area (Å²) >= 11 is 0. The predicted molar refractivity (Wildman–Crippen MR) is 79.4 cm³/mol. The van der Waals surface area contributed by atoms with Crippen molar-refractivity contribution in [1.29, 1.82) is 0 Å². The Balaban J connectivity index is 1.77. The fourth-order valence-corrected chi connectivity index (χ4v) is 2.11. The second-order valence-corrected chi connectivity index (χ2v) is 4.66. The van der Waals surface area contributed by atoms with Crippen LogP contribution in [-0.2, 0) is 13.7 Å². The Kier molecular flexibility index (Phi) is 3.50. The third-order valence-electron chi connectivity index (χ3n) is 3.16. The van der Waals surface area contributed by atoms with Crippen molar-refractivity contribution in [3.8, 4) is 17.1 Å². The van der Waals surface area contributed by atoms with Gasteiger partial charge in [-0.05, 0) is 17.7 Å². The molecule has 0 spiro atoms. The van der Waals surface area contributed by atoms with E-state index in [9.17, 15) is 0 Å². The molecule has 0 aliphatic rings. The molecule has 0 saturated heterocycles. The Morgan fingerprint density at radius 2 is 1.90 bits per heavy atom. The number of rotatable bonds is 4. The van der Waals surface area contributed by atoms with Gasteiger partial charge >= 0.3 is 0 Å². The van der Waals surface area contributed by atoms with Gasteiger partial charge in [0.25, 0.3) is 0 Å². The summed E-state index contributed by atoms with van der Waals surface area (Å²) < 4.78 is 7.83. The van der Waals surface area contributed by atoms with Crippen molar-refractivity contribution in [3.05, 3.63) is 72.6 Å². The van der Waals surface area contributed by atoms with Crippen molar-refractivity contribution in [2.45, 2.75) is 6.61 Å². The van der Waals surface area contributed by atoms with Crippen molar-refractivity contribution in [2.75, 3.05) is 0 Å². The lowest BCUT2D eigenvalue weighted by atomic mass is 10.2. The monoisotopic (exact) mass is 264 g/mol. The smallest absolute Gasteiger partial charge is 0.139 e. The Morgan fingerprint density at radius 3 is 2.65 bits per heavy atom. The van der Waals surface area contributed by atoms with Gasteiger partial charge in [0.15, 0.2) is 0 Å². The fourth-order valence-electron chi connectivity index (χ4n) is 2.11. The number of aryl methyl sites for hydroxylation is 1. The number of benzene rings is 2. The van der Waals surface area contributed by atoms with Crippen LogP contribution < -0.4 is 4.74 Å². The highest BCUT2D eigenvalue weighted by atomic mass is 16.5. The van der Waals surface area contributed by atoms with Gasteiger partial charge in [0.2, 0.25) is 0 Å². The van der Waals surface area contributed by atoms with Crippen molar-refractivity contribution < 1.29 is 4.74 Å². The summed E-state index contributed by atoms with van der Waals surface area (Å²) in [4.78, 5) is 4.35. The fraction of sp³-hybridized carbons (Fsp3) is 0.118. The van der Waals surface area contributed by atoms with Gasteiger partial charge in [-0.3, -0.25) is 0 Å². The van der Waals surface area contributed by atoms with Gasteiger partial charge in [0.05, 0.1) is 0 Å². The molecule has 0 unspecified atom stereocenters. The zero-order valence-electron chi connectivity index (χ0n) is 11.4. The van der Waals surface area contributed by atoms with E-state index in [2.05, 4.69) is 17.1 Å². The minimum Gasteiger partial charge on any atom is -0.489 e. The standard InChI is InChI=1S/C17H16N2O/c1-19-11-10-18-17(19)15-8-5-9-16(12-15)20-13-14-6-3-2-4-7-14/h2-12H,13H2,1H3. The molecule has 0 N–H and O–H groups in total. The lowest BCUT2D eigenvalue weighted by Gasteiger charge is -2.08. The molecule has 20 heavy (non-hydrogen) atoms. The number of imidazole rings is 1. The van der Waals surface area contributed by atoms with Crippen LogP contribution in [-0.4, -0.2) is 9.55 Å². The molecule has 3 rings (SSSR count). The van der Waals surface area contributed by atoms with Crippen LogP contribution in [0.3, 0.4) is 0 Å². The maximum atomic E-state index is 5.83. The molecule has 0 aliphatic carbocycles. The van der Waals surface area contributed by atoms with Crippen molar-refractivity contribution in [2.24, 2.45) is 7.05 Å². The molecular formula is C17H16N2O. The summed E-state index contributed by atoms with van der Waals surface area (Å²) in [5.74, 6) is 1.80. The van der Waals surface area contributed by atoms with Gasteiger partial charge in [-0.25, -0.2) is 4.98 Å². The number of aromatic nitrogens is 2. The van der Waals surface area contributed by atoms with Gasteiger partial charge in [-0.2, -0.15) is 0 Å². The van der Waals surface area contributed by atoms with E-state index in [1.54, 1.807) is 6.20 Å². The molecule has 1 heterocycles. The van der Waals surface area contributed by atoms with Crippen molar-refractivity contribution in [3.63, 3.8) is 0 Å². The molecule has 3 nitrogen and oxygen atoms in total. The van der Waals surface area contributed by atoms with Crippen LogP contribution in [0.4, 0.5) is 0 Å². The van der Waals surface area contributed by atoms with Crippen molar-refractivity contribution in [1.82, 2.24) is 9.55 Å². The SMILES string of the molecule is Cn1ccnc1-c1cccc(OCc2ccccc2)c1. The summed E-state index contributed by atoms with van der Waals surface area (Å²) in [6.07, 6.45) is 3.74. The lowest BCUT2D eigenvalue weighted by Crippen LogP contribution is -1.96. The predicted octanol–water partition coefficient (Wildman–Crippen LogP) is 3.67. The number of nitrogens with zero attached hydrogens (tertiary/aromatic N) is 2. The summed E-state index contributed by atoms with van der Waals surface area (Å²) in [5, 5.41) is 0. The maximum absolute atomic E-state index is 5.83. The first-order valence-corrected chi connectivity index (χ1v) is 6.57. The lowest BCUT2D eigenvalue weighted by molar-refractivity contribution is 0.306. The average molecular weight is 264 g/mol. The zero-order chi connectivity index (χ0) is 13.8. The van der Waals surface area contributed by atoms with E-state index in [1.165, 1.54) is 0 Å². The summed E-state index contributed by atoms with van der Waals surface area (Å²) in [5.41, 5.74) is 2.22. The highest BCUT2D eigenvalue weighted by Gasteiger charge is 2.04. The van der Waals surface area contributed by atoms with Gasteiger partial charge in [-0.1, -0.05) is 42.5 Å². The Hall–Kier alpha value is -2.55. The third kappa shape index (κ3) is 2.72. The van der Waals surface area contributed by atoms with Crippen LogP contribution >= 0.6 is 0 Å². The zero-order valence-corrected chi connectivity index (χ0v) is 11.4. The maximum Gasteiger partial charge on any atom is 0.139 e. The van der Waals surface area contributed by atoms with E-state index in [-0.39, 0.29) is 0 Å². The largest absolute Gasteiger partial charge is 0.489 e. The quantitative estimate of drug-likeness (QED) is 0.719. The second kappa shape index (κ2) is 5.61. The Bertz CT molecular complexity index is 689. The molecule has 3 heteroatoms. The van der Waals surface area contributed by atoms with E-state index in [0.717, 1.165) is 22.7 Å². The molecule has 0 bridgehead atoms. The Morgan fingerprint density at radius 1 is 1.05 bits per heavy atom. The van der Waals surface area contributed by atoms with Crippen LogP contribution in [0, 0.1) is 0 Å². The van der Waals surface area contributed by atoms with Gasteiger partial charge < -0.3 is 9.30 Å². The first kappa shape index (κ1) is 12.5. The highest BCUT2D eigenvalue weighted by molar-refractivity contribution is 5.57. The van der Waals surface area contributed by atoms with Crippen LogP contribution in [0.15, 0.2) is 67.0 Å². The van der Waals surface area contributed by atoms with Gasteiger partial charge in [0, 0.05) is 25.0 Å². The first-order valence-electron chi connectivity index (χ1n) is 6.57. The molecule has 3 aromatic rings. The molecule has 2 aromatic carbocycles. The van der Waals surface area contributed by atoms with Crippen molar-refractivity contribution >= 4 is 0 Å². The van der Waals surface area contributed by atoms with E-state index < -0.39 is 0 Å². The molecule has 1 aromatic heterocycles. The van der Waals surface area contributed by atoms with E-state index in [1.807, 2.05) is 60.3 Å². The van der Waals surface area contributed by atoms with Crippen LogP contribution in [0.5, 0.6) is 5.75 Å². The van der Waals surface area contributed by atoms with Crippen LogP contribution in [0.1, 0.15) is 5.56 Å². The van der Waals surface area contributed by atoms with Gasteiger partial charge in [0.1, 0.15) is 18.2 Å². The average Bonchev–Trinajstić information content (AvgIpc) is 2.93. The van der Waals surface area contributed by atoms with E-state index in [4.69, 9.17) is 4.74 Å². The molecule has 0 saturated carbocycles. The molecular weight excluding hydrogens is 248 g/mol. The first-order chi connectivity index (χ1) is 9.83. The second-order valence-electron chi connectivity index (χ2n) is 4.66. The third-order valence-corrected chi connectivity index (χ3v) is 3.16. The van der Waals surface area contributed by atoms with Crippen LogP contribution in [0.25, 0.3) is 11.4 Å². The Labute approximate surface area is 118 Å². The minimum atomic E-state index is 0.574. The molecule has 0 atom stereocenters. The van der Waals surface area contributed by atoms with Crippen LogP contribution in [0.2, 0.25) is 0 Å². The molecule has 0 radical (unpaired) electrons. The molecule has 0 fully saturated rings. The van der Waals surface area contributed by atoms with Gasteiger partial charge in [-0.15, -0.1) is 0 Å². The minimum absolute atomic E-state index is 0.574. The molecule has 0 amide bonds. The normalized spacial score (nSPS) is 10.4. The number of ether oxygens (including phenoxy) is 1. The summed E-state index contributed by atoms with van der Waals surface area (Å²) in [6, 6.07) is 18.2. The summed E-state index contributed by atoms with van der Waals surface area (Å²) in [6.45, 7) is 0.574. The molecule has 100 valence electrons.